The molecule has 1 heterocycles. The second kappa shape index (κ2) is 2.86. The van der Waals surface area contributed by atoms with Gasteiger partial charge in [0.1, 0.15) is 5.69 Å². The third-order valence-corrected chi connectivity index (χ3v) is 1.47. The van der Waals surface area contributed by atoms with Crippen LogP contribution in [0.1, 0.15) is 10.5 Å². The molecule has 1 amide bonds. The summed E-state index contributed by atoms with van der Waals surface area (Å²) in [6.45, 7) is 0. The summed E-state index contributed by atoms with van der Waals surface area (Å²) in [5.41, 5.74) is 5.61. The average Bonchev–Trinajstić information content (AvgIpc) is 2.34. The number of halogens is 1. The van der Waals surface area contributed by atoms with Crippen molar-refractivity contribution in [3.05, 3.63) is 12.0 Å². The number of rotatable bonds is 1. The number of H-pyrrole nitrogens is 1. The molecule has 1 aromatic rings. The Morgan fingerprint density at radius 3 is 3.00 bits per heavy atom. The maximum atomic E-state index is 10.8. The molecule has 54 valence electrons. The van der Waals surface area contributed by atoms with Crippen LogP contribution in [-0.2, 0) is 0 Å². The Balaban J connectivity index is 2.93. The fourth-order valence-corrected chi connectivity index (χ4v) is 0.804. The average molecular weight is 252 g/mol. The smallest absolute Gasteiger partial charge is 0.280 e. The lowest BCUT2D eigenvalue weighted by atomic mass is 10.4. The number of nitrogens with zero attached hydrogens (tertiary/aromatic N) is 1. The number of carbonyl (C=O) groups is 1. The molecule has 4 N–H and O–H groups in total. The summed E-state index contributed by atoms with van der Waals surface area (Å²) in [6, 6.07) is 0. The fourth-order valence-electron chi connectivity index (χ4n) is 0.534. The van der Waals surface area contributed by atoms with Gasteiger partial charge in [-0.2, -0.15) is 0 Å². The highest BCUT2D eigenvalue weighted by Crippen LogP contribution is 2.03. The first-order valence-corrected chi connectivity index (χ1v) is 3.53. The predicted molar refractivity (Wildman–Crippen MR) is 44.5 cm³/mol. The van der Waals surface area contributed by atoms with Crippen molar-refractivity contribution in [1.29, 1.82) is 0 Å². The minimum Gasteiger partial charge on any atom is -0.382 e. The van der Waals surface area contributed by atoms with Crippen LogP contribution in [0.2, 0.25) is 0 Å². The number of imidazole rings is 1. The van der Waals surface area contributed by atoms with Gasteiger partial charge in [0.2, 0.25) is 0 Å². The number of nitrogens with two attached hydrogens (primary N) is 1. The number of anilines is 1. The monoisotopic (exact) mass is 252 g/mol. The molecule has 0 radical (unpaired) electrons. The molecule has 0 fully saturated rings. The lowest BCUT2D eigenvalue weighted by molar-refractivity contribution is 0.0986. The summed E-state index contributed by atoms with van der Waals surface area (Å²) in [6.07, 6.45) is 1.37. The van der Waals surface area contributed by atoms with E-state index in [1.54, 1.807) is 22.9 Å². The van der Waals surface area contributed by atoms with Crippen LogP contribution in [0, 0.1) is 0 Å². The standard InChI is InChI=1S/C4H5IN4O/c5-9-4(10)2-3(6)8-1-7-2/h1H,6H2,(H,7,8)(H,9,10). The lowest BCUT2D eigenvalue weighted by Gasteiger charge is -1.92. The van der Waals surface area contributed by atoms with Crippen molar-refractivity contribution >= 4 is 34.6 Å². The third-order valence-electron chi connectivity index (χ3n) is 0.982. The second-order valence-corrected chi connectivity index (χ2v) is 2.13. The van der Waals surface area contributed by atoms with E-state index in [1.807, 2.05) is 0 Å². The highest BCUT2D eigenvalue weighted by Gasteiger charge is 2.08. The molecule has 5 nitrogen and oxygen atoms in total. The number of carbonyl (C=O) groups excluding carboxylic acids is 1. The van der Waals surface area contributed by atoms with E-state index in [4.69, 9.17) is 5.73 Å². The molecule has 10 heavy (non-hydrogen) atoms. The number of nitrogens with one attached hydrogen (secondary N) is 2. The van der Waals surface area contributed by atoms with Gasteiger partial charge in [-0.15, -0.1) is 0 Å². The van der Waals surface area contributed by atoms with Crippen molar-refractivity contribution in [3.63, 3.8) is 0 Å². The molecular weight excluding hydrogens is 247 g/mol. The van der Waals surface area contributed by atoms with Gasteiger partial charge in [-0.3, -0.25) is 8.32 Å². The normalized spacial score (nSPS) is 9.30. The first-order chi connectivity index (χ1) is 4.75. The highest BCUT2D eigenvalue weighted by atomic mass is 127. The van der Waals surface area contributed by atoms with E-state index >= 15 is 0 Å². The zero-order chi connectivity index (χ0) is 7.56. The van der Waals surface area contributed by atoms with Crippen LogP contribution in [0.4, 0.5) is 5.82 Å². The van der Waals surface area contributed by atoms with Crippen LogP contribution in [0.25, 0.3) is 0 Å². The van der Waals surface area contributed by atoms with Crippen molar-refractivity contribution in [2.45, 2.75) is 0 Å². The van der Waals surface area contributed by atoms with Gasteiger partial charge < -0.3 is 10.7 Å². The van der Waals surface area contributed by atoms with Crippen LogP contribution < -0.4 is 9.26 Å². The van der Waals surface area contributed by atoms with E-state index < -0.39 is 0 Å². The second-order valence-electron chi connectivity index (χ2n) is 1.59. The molecule has 1 rings (SSSR count). The van der Waals surface area contributed by atoms with E-state index in [9.17, 15) is 4.79 Å². The minimum atomic E-state index is -0.268. The number of hydrogen-bond acceptors (Lipinski definition) is 3. The van der Waals surface area contributed by atoms with Crippen molar-refractivity contribution in [2.75, 3.05) is 5.73 Å². The van der Waals surface area contributed by atoms with Crippen molar-refractivity contribution in [3.8, 4) is 0 Å². The largest absolute Gasteiger partial charge is 0.382 e. The quantitative estimate of drug-likeness (QED) is 0.488. The zero-order valence-electron chi connectivity index (χ0n) is 4.89. The van der Waals surface area contributed by atoms with Gasteiger partial charge in [-0.05, 0) is 0 Å². The van der Waals surface area contributed by atoms with Crippen LogP contribution in [-0.4, -0.2) is 15.9 Å². The van der Waals surface area contributed by atoms with Gasteiger partial charge in [0.05, 0.1) is 29.2 Å². The van der Waals surface area contributed by atoms with Crippen LogP contribution in [0.15, 0.2) is 6.33 Å². The summed E-state index contributed by atoms with van der Waals surface area (Å²) < 4.78 is 2.39. The summed E-state index contributed by atoms with van der Waals surface area (Å²) >= 11 is 1.73. The van der Waals surface area contributed by atoms with Gasteiger partial charge >= 0.3 is 0 Å². The lowest BCUT2D eigenvalue weighted by Crippen LogP contribution is -2.13. The summed E-state index contributed by atoms with van der Waals surface area (Å²) in [4.78, 5) is 17.1. The molecular formula is C4H5IN4O. The minimum absolute atomic E-state index is 0.217. The van der Waals surface area contributed by atoms with E-state index in [0.29, 0.717) is 5.69 Å². The number of aromatic nitrogens is 2. The summed E-state index contributed by atoms with van der Waals surface area (Å²) in [5, 5.41) is 0. The Kier molecular flexibility index (Phi) is 2.10. The molecule has 0 aliphatic carbocycles. The molecule has 0 spiro atoms. The van der Waals surface area contributed by atoms with Gasteiger partial charge in [-0.1, -0.05) is 0 Å². The maximum absolute atomic E-state index is 10.8. The van der Waals surface area contributed by atoms with E-state index in [2.05, 4.69) is 13.5 Å². The molecule has 6 heteroatoms. The fraction of sp³-hybridized carbons (Fsp3) is 0. The summed E-state index contributed by atoms with van der Waals surface area (Å²) in [7, 11) is 0. The molecule has 0 saturated carbocycles. The molecule has 0 bridgehead atoms. The number of nitrogen functional groups attached to an aromatic ring is 1. The van der Waals surface area contributed by atoms with E-state index in [0.717, 1.165) is 0 Å². The molecule has 0 atom stereocenters. The molecule has 0 aliphatic heterocycles. The Labute approximate surface area is 70.9 Å². The van der Waals surface area contributed by atoms with E-state index in [1.165, 1.54) is 6.33 Å². The van der Waals surface area contributed by atoms with E-state index in [-0.39, 0.29) is 11.7 Å². The van der Waals surface area contributed by atoms with Gasteiger partial charge in [-0.25, -0.2) is 4.98 Å². The summed E-state index contributed by atoms with van der Waals surface area (Å²) in [5.74, 6) is -0.0511. The molecule has 0 aromatic carbocycles. The van der Waals surface area contributed by atoms with Crippen LogP contribution in [0.3, 0.4) is 0 Å². The first-order valence-electron chi connectivity index (χ1n) is 2.45. The van der Waals surface area contributed by atoms with Crippen LogP contribution in [0.5, 0.6) is 0 Å². The van der Waals surface area contributed by atoms with Crippen molar-refractivity contribution < 1.29 is 4.79 Å². The first kappa shape index (κ1) is 7.32. The van der Waals surface area contributed by atoms with Crippen molar-refractivity contribution in [1.82, 2.24) is 13.5 Å². The Morgan fingerprint density at radius 2 is 2.60 bits per heavy atom. The molecule has 0 aliphatic rings. The predicted octanol–water partition coefficient (Wildman–Crippen LogP) is 0.0717. The van der Waals surface area contributed by atoms with Gasteiger partial charge in [0.15, 0.2) is 5.82 Å². The number of hydrogen-bond donors (Lipinski definition) is 3. The highest BCUT2D eigenvalue weighted by molar-refractivity contribution is 14.1. The molecule has 0 unspecified atom stereocenters. The van der Waals surface area contributed by atoms with Gasteiger partial charge in [0.25, 0.3) is 5.91 Å². The SMILES string of the molecule is Nc1nc[nH]c1C(=O)NI. The third kappa shape index (κ3) is 1.20. The van der Waals surface area contributed by atoms with Gasteiger partial charge in [0, 0.05) is 0 Å². The zero-order valence-corrected chi connectivity index (χ0v) is 7.05. The Morgan fingerprint density at radius 1 is 1.90 bits per heavy atom. The van der Waals surface area contributed by atoms with Crippen LogP contribution >= 0.6 is 22.9 Å². The molecule has 0 saturated heterocycles. The molecule has 1 aromatic heterocycles. The topological polar surface area (TPSA) is 83.8 Å². The Hall–Kier alpha value is -0.790. The Bertz CT molecular complexity index is 245. The number of aromatic amines is 1. The number of amides is 1. The maximum Gasteiger partial charge on any atom is 0.280 e. The van der Waals surface area contributed by atoms with Crippen molar-refractivity contribution in [2.24, 2.45) is 0 Å².